The number of halogens is 6. The number of allylic oxidation sites excluding steroid dienone is 1. The van der Waals surface area contributed by atoms with Crippen LogP contribution in [0.25, 0.3) is 16.5 Å². The van der Waals surface area contributed by atoms with Gasteiger partial charge in [-0.05, 0) is 86.2 Å². The number of H-pyrrole nitrogens is 1. The van der Waals surface area contributed by atoms with E-state index in [2.05, 4.69) is 10.2 Å². The summed E-state index contributed by atoms with van der Waals surface area (Å²) in [5.41, 5.74) is -2.25. The van der Waals surface area contributed by atoms with Crippen molar-refractivity contribution in [3.63, 3.8) is 0 Å². The molecule has 2 aromatic carbocycles. The first kappa shape index (κ1) is 27.7. The molecular formula is C25H22F6N4O2S. The van der Waals surface area contributed by atoms with Gasteiger partial charge in [0.1, 0.15) is 0 Å². The van der Waals surface area contributed by atoms with E-state index in [9.17, 15) is 35.9 Å². The van der Waals surface area contributed by atoms with E-state index in [1.807, 2.05) is 19.0 Å². The minimum Gasteiger partial charge on any atom is -0.309 e. The molecule has 3 aromatic rings. The normalized spacial score (nSPS) is 16.3. The lowest BCUT2D eigenvalue weighted by molar-refractivity contribution is -0.143. The van der Waals surface area contributed by atoms with Crippen molar-refractivity contribution in [2.75, 3.05) is 27.2 Å². The minimum absolute atomic E-state index is 0.0595. The van der Waals surface area contributed by atoms with E-state index in [1.54, 1.807) is 18.2 Å². The fourth-order valence-corrected chi connectivity index (χ4v) is 5.09. The number of benzene rings is 2. The number of aromatic nitrogens is 2. The van der Waals surface area contributed by atoms with Crippen LogP contribution in [0.2, 0.25) is 0 Å². The quantitative estimate of drug-likeness (QED) is 0.277. The molecule has 0 spiro atoms. The van der Waals surface area contributed by atoms with Gasteiger partial charge in [0.15, 0.2) is 0 Å². The lowest BCUT2D eigenvalue weighted by Crippen LogP contribution is -2.31. The Balaban J connectivity index is 1.82. The number of imide groups is 1. The van der Waals surface area contributed by atoms with Gasteiger partial charge in [-0.2, -0.15) is 31.4 Å². The Bertz CT molecular complexity index is 1410. The third-order valence-corrected chi connectivity index (χ3v) is 7.03. The van der Waals surface area contributed by atoms with Crippen molar-refractivity contribution in [3.05, 3.63) is 69.8 Å². The highest BCUT2D eigenvalue weighted by Crippen LogP contribution is 2.42. The molecule has 2 heterocycles. The Morgan fingerprint density at radius 2 is 1.76 bits per heavy atom. The van der Waals surface area contributed by atoms with Gasteiger partial charge in [0.05, 0.1) is 27.7 Å². The lowest BCUT2D eigenvalue weighted by atomic mass is 9.92. The van der Waals surface area contributed by atoms with E-state index in [-0.39, 0.29) is 23.1 Å². The summed E-state index contributed by atoms with van der Waals surface area (Å²) in [4.78, 5) is 28.9. The molecule has 0 bridgehead atoms. The molecule has 6 nitrogen and oxygen atoms in total. The molecule has 1 saturated heterocycles. The van der Waals surface area contributed by atoms with Gasteiger partial charge in [0, 0.05) is 11.9 Å². The summed E-state index contributed by atoms with van der Waals surface area (Å²) in [6.07, 6.45) is -8.59. The molecule has 0 saturated carbocycles. The van der Waals surface area contributed by atoms with E-state index in [4.69, 9.17) is 0 Å². The third-order valence-electron chi connectivity index (χ3n) is 6.01. The Labute approximate surface area is 217 Å². The number of amides is 2. The van der Waals surface area contributed by atoms with E-state index in [1.165, 1.54) is 6.20 Å². The molecular weight excluding hydrogens is 534 g/mol. The molecule has 4 rings (SSSR count). The Kier molecular flexibility index (Phi) is 7.62. The molecule has 202 valence electrons. The summed E-state index contributed by atoms with van der Waals surface area (Å²) in [6.45, 7) is 0.722. The van der Waals surface area contributed by atoms with Crippen LogP contribution in [0, 0.1) is 0 Å². The zero-order valence-corrected chi connectivity index (χ0v) is 21.0. The number of hydrogen-bond donors (Lipinski definition) is 1. The molecule has 0 radical (unpaired) electrons. The maximum Gasteiger partial charge on any atom is 0.416 e. The first-order valence-corrected chi connectivity index (χ1v) is 12.2. The van der Waals surface area contributed by atoms with Gasteiger partial charge < -0.3 is 4.90 Å². The topological polar surface area (TPSA) is 69.3 Å². The number of rotatable bonds is 7. The number of carbonyl (C=O) groups is 2. The van der Waals surface area contributed by atoms with Crippen LogP contribution in [0.4, 0.5) is 31.1 Å². The summed E-state index contributed by atoms with van der Waals surface area (Å²) in [5.74, 6) is -0.651. The standard InChI is InChI=1S/C25H22F6N4O2S/c1-34(2)8-3-9-35-22(36)21(38-23(35)37)18(14-5-7-20-16(10-14)13-32-33-20)11-15-4-6-17(24(26,27)28)12-19(15)25(29,30)31/h4-7,10,12-13H,3,8-9,11H2,1-2H3,(H,32,33)/b21-18-. The first-order valence-electron chi connectivity index (χ1n) is 11.4. The van der Waals surface area contributed by atoms with Crippen LogP contribution < -0.4 is 0 Å². The number of aromatic amines is 1. The molecule has 1 aromatic heterocycles. The largest absolute Gasteiger partial charge is 0.416 e. The summed E-state index contributed by atoms with van der Waals surface area (Å²) in [6, 6.07) is 6.20. The highest BCUT2D eigenvalue weighted by Gasteiger charge is 2.40. The molecule has 2 amide bonds. The fraction of sp³-hybridized carbons (Fsp3) is 0.320. The highest BCUT2D eigenvalue weighted by atomic mass is 32.2. The second-order valence-corrected chi connectivity index (χ2v) is 9.97. The molecule has 0 unspecified atom stereocenters. The van der Waals surface area contributed by atoms with Crippen molar-refractivity contribution in [3.8, 4) is 0 Å². The summed E-state index contributed by atoms with van der Waals surface area (Å²) in [7, 11) is 3.67. The predicted octanol–water partition coefficient (Wildman–Crippen LogP) is 6.20. The van der Waals surface area contributed by atoms with Crippen LogP contribution in [0.1, 0.15) is 28.7 Å². The molecule has 13 heteroatoms. The summed E-state index contributed by atoms with van der Waals surface area (Å²) < 4.78 is 81.2. The zero-order chi connectivity index (χ0) is 27.8. The molecule has 1 fully saturated rings. The van der Waals surface area contributed by atoms with Crippen LogP contribution in [-0.2, 0) is 23.6 Å². The molecule has 38 heavy (non-hydrogen) atoms. The lowest BCUT2D eigenvalue weighted by Gasteiger charge is -2.18. The maximum absolute atomic E-state index is 13.9. The molecule has 1 aliphatic heterocycles. The van der Waals surface area contributed by atoms with Crippen LogP contribution in [0.15, 0.2) is 47.5 Å². The van der Waals surface area contributed by atoms with Gasteiger partial charge >= 0.3 is 12.4 Å². The van der Waals surface area contributed by atoms with E-state index in [0.717, 1.165) is 11.0 Å². The fourth-order valence-electron chi connectivity index (χ4n) is 4.13. The number of carbonyl (C=O) groups excluding carboxylic acids is 2. The van der Waals surface area contributed by atoms with Crippen LogP contribution in [-0.4, -0.2) is 58.3 Å². The summed E-state index contributed by atoms with van der Waals surface area (Å²) in [5, 5.41) is 6.71. The second-order valence-electron chi connectivity index (χ2n) is 9.01. The van der Waals surface area contributed by atoms with Crippen molar-refractivity contribution in [1.29, 1.82) is 0 Å². The van der Waals surface area contributed by atoms with Gasteiger partial charge in [0.25, 0.3) is 11.1 Å². The van der Waals surface area contributed by atoms with Crippen LogP contribution in [0.3, 0.4) is 0 Å². The number of nitrogens with one attached hydrogen (secondary N) is 1. The van der Waals surface area contributed by atoms with E-state index in [0.29, 0.717) is 47.3 Å². The number of thioether (sulfide) groups is 1. The maximum atomic E-state index is 13.9. The molecule has 0 atom stereocenters. The minimum atomic E-state index is -5.08. The van der Waals surface area contributed by atoms with Crippen molar-refractivity contribution in [1.82, 2.24) is 20.0 Å². The zero-order valence-electron chi connectivity index (χ0n) is 20.2. The molecule has 1 N–H and O–H groups in total. The third kappa shape index (κ3) is 5.88. The van der Waals surface area contributed by atoms with Crippen LogP contribution >= 0.6 is 11.8 Å². The van der Waals surface area contributed by atoms with Crippen molar-refractivity contribution in [2.24, 2.45) is 0 Å². The second kappa shape index (κ2) is 10.4. The van der Waals surface area contributed by atoms with Gasteiger partial charge in [-0.15, -0.1) is 0 Å². The number of nitrogens with zero attached hydrogens (tertiary/aromatic N) is 3. The molecule has 0 aliphatic carbocycles. The summed E-state index contributed by atoms with van der Waals surface area (Å²) >= 11 is 0.610. The van der Waals surface area contributed by atoms with E-state index < -0.39 is 46.6 Å². The molecule has 1 aliphatic rings. The predicted molar refractivity (Wildman–Crippen MR) is 131 cm³/mol. The highest BCUT2D eigenvalue weighted by molar-refractivity contribution is 8.18. The number of fused-ring (bicyclic) bond motifs is 1. The Hall–Kier alpha value is -3.32. The van der Waals surface area contributed by atoms with Gasteiger partial charge in [0.2, 0.25) is 0 Å². The average molecular weight is 557 g/mol. The van der Waals surface area contributed by atoms with Gasteiger partial charge in [-0.3, -0.25) is 19.6 Å². The Morgan fingerprint density at radius 3 is 2.42 bits per heavy atom. The van der Waals surface area contributed by atoms with Crippen molar-refractivity contribution < 1.29 is 35.9 Å². The monoisotopic (exact) mass is 556 g/mol. The SMILES string of the molecule is CN(C)CCCN1C(=O)S/C(=C(/Cc2ccc(C(F)(F)F)cc2C(F)(F)F)c2ccc3[nH]ncc3c2)C1=O. The first-order chi connectivity index (χ1) is 17.8. The average Bonchev–Trinajstić information content (AvgIpc) is 3.40. The Morgan fingerprint density at radius 1 is 1.03 bits per heavy atom. The number of hydrogen-bond acceptors (Lipinski definition) is 5. The van der Waals surface area contributed by atoms with Crippen LogP contribution in [0.5, 0.6) is 0 Å². The number of alkyl halides is 6. The van der Waals surface area contributed by atoms with Gasteiger partial charge in [-0.1, -0.05) is 12.1 Å². The van der Waals surface area contributed by atoms with Crippen molar-refractivity contribution in [2.45, 2.75) is 25.2 Å². The van der Waals surface area contributed by atoms with E-state index >= 15 is 0 Å². The van der Waals surface area contributed by atoms with Crippen molar-refractivity contribution >= 4 is 39.4 Å². The van der Waals surface area contributed by atoms with Gasteiger partial charge in [-0.25, -0.2) is 0 Å². The smallest absolute Gasteiger partial charge is 0.309 e.